The van der Waals surface area contributed by atoms with Crippen LogP contribution in [0.25, 0.3) is 11.1 Å². The number of nitrogens with one attached hydrogen (secondary N) is 1. The van der Waals surface area contributed by atoms with Gasteiger partial charge >= 0.3 is 0 Å². The van der Waals surface area contributed by atoms with E-state index in [1.165, 1.54) is 0 Å². The van der Waals surface area contributed by atoms with Crippen molar-refractivity contribution >= 4 is 17.8 Å². The van der Waals surface area contributed by atoms with Gasteiger partial charge in [0.2, 0.25) is 11.8 Å². The molecular weight excluding hydrogens is 544 g/mol. The quantitative estimate of drug-likeness (QED) is 0.0708. The number of guanidine groups is 1. The average Bonchev–Trinajstić information content (AvgIpc) is 3.01. The summed E-state index contributed by atoms with van der Waals surface area (Å²) >= 11 is 0. The summed E-state index contributed by atoms with van der Waals surface area (Å²) in [7, 11) is 0. The number of hydrogen-bond donors (Lipinski definition) is 3. The normalized spacial score (nSPS) is 12.0. The second-order valence-corrected chi connectivity index (χ2v) is 9.94. The number of aliphatic imine (C=N–C) groups is 1. The number of nitrogens with zero attached hydrogens (tertiary/aromatic N) is 3. The third-order valence-corrected chi connectivity index (χ3v) is 7.07. The second-order valence-electron chi connectivity index (χ2n) is 9.94. The summed E-state index contributed by atoms with van der Waals surface area (Å²) in [5.74, 6) is -1.97. The fourth-order valence-corrected chi connectivity index (χ4v) is 5.08. The number of nitro groups is 1. The largest absolute Gasteiger partial charge is 0.368 e. The highest BCUT2D eigenvalue weighted by molar-refractivity contribution is 5.92. The topological polar surface area (TPSA) is 157 Å². The van der Waals surface area contributed by atoms with Crippen molar-refractivity contribution in [2.75, 3.05) is 6.54 Å². The van der Waals surface area contributed by atoms with Gasteiger partial charge in [-0.2, -0.15) is 0 Å². The van der Waals surface area contributed by atoms with Crippen molar-refractivity contribution in [3.63, 3.8) is 0 Å². The molecule has 4 aromatic carbocycles. The Labute approximate surface area is 250 Å². The van der Waals surface area contributed by atoms with Gasteiger partial charge in [-0.1, -0.05) is 121 Å². The SMILES string of the molecule is NC(=O)[C@H](CCCN=C(N)N[N+](=O)[O-])N(Cc1ccccc1-c1ccccc1)C(=O)C(c1ccccc1)c1ccccc1. The summed E-state index contributed by atoms with van der Waals surface area (Å²) < 4.78 is 0. The molecule has 2 amide bonds. The van der Waals surface area contributed by atoms with Crippen molar-refractivity contribution in [2.24, 2.45) is 16.5 Å². The Morgan fingerprint density at radius 1 is 0.814 bits per heavy atom. The predicted molar refractivity (Wildman–Crippen MR) is 166 cm³/mol. The molecule has 0 aliphatic heterocycles. The van der Waals surface area contributed by atoms with Gasteiger partial charge in [0.1, 0.15) is 6.04 Å². The molecular formula is C33H34N6O4. The molecule has 4 rings (SSSR count). The molecule has 0 aliphatic rings. The minimum Gasteiger partial charge on any atom is -0.368 e. The lowest BCUT2D eigenvalue weighted by atomic mass is 9.88. The maximum absolute atomic E-state index is 14.7. The van der Waals surface area contributed by atoms with Crippen LogP contribution in [-0.2, 0) is 16.1 Å². The van der Waals surface area contributed by atoms with E-state index in [0.29, 0.717) is 6.42 Å². The van der Waals surface area contributed by atoms with Crippen molar-refractivity contribution in [2.45, 2.75) is 31.3 Å². The van der Waals surface area contributed by atoms with Gasteiger partial charge in [0, 0.05) is 13.1 Å². The maximum atomic E-state index is 14.7. The summed E-state index contributed by atoms with van der Waals surface area (Å²) in [4.78, 5) is 43.9. The van der Waals surface area contributed by atoms with Gasteiger partial charge in [0.15, 0.2) is 5.03 Å². The van der Waals surface area contributed by atoms with E-state index in [9.17, 15) is 19.7 Å². The van der Waals surface area contributed by atoms with Crippen LogP contribution in [0.15, 0.2) is 120 Å². The van der Waals surface area contributed by atoms with E-state index in [-0.39, 0.29) is 31.4 Å². The lowest BCUT2D eigenvalue weighted by molar-refractivity contribution is -0.525. The zero-order chi connectivity index (χ0) is 30.6. The lowest BCUT2D eigenvalue weighted by Crippen LogP contribution is -2.49. The fraction of sp³-hybridized carbons (Fsp3) is 0.182. The van der Waals surface area contributed by atoms with Gasteiger partial charge in [-0.3, -0.25) is 9.59 Å². The van der Waals surface area contributed by atoms with Gasteiger partial charge in [0.05, 0.1) is 5.92 Å². The van der Waals surface area contributed by atoms with Crippen LogP contribution < -0.4 is 16.9 Å². The maximum Gasteiger partial charge on any atom is 0.251 e. The molecule has 0 unspecified atom stereocenters. The minimum absolute atomic E-state index is 0.0971. The molecule has 10 heteroatoms. The number of carbonyl (C=O) groups excluding carboxylic acids is 2. The van der Waals surface area contributed by atoms with E-state index in [0.717, 1.165) is 27.8 Å². The summed E-state index contributed by atoms with van der Waals surface area (Å²) in [6.45, 7) is 0.224. The Hall–Kier alpha value is -5.51. The molecule has 0 fully saturated rings. The number of benzene rings is 4. The first-order valence-electron chi connectivity index (χ1n) is 13.9. The van der Waals surface area contributed by atoms with E-state index in [2.05, 4.69) is 4.99 Å². The van der Waals surface area contributed by atoms with Crippen LogP contribution in [0.5, 0.6) is 0 Å². The molecule has 220 valence electrons. The average molecular weight is 579 g/mol. The number of hydrogen-bond acceptors (Lipinski definition) is 5. The molecule has 5 N–H and O–H groups in total. The zero-order valence-corrected chi connectivity index (χ0v) is 23.6. The monoisotopic (exact) mass is 578 g/mol. The molecule has 0 radical (unpaired) electrons. The second kappa shape index (κ2) is 14.9. The van der Waals surface area contributed by atoms with E-state index in [4.69, 9.17) is 11.5 Å². The molecule has 4 aromatic rings. The molecule has 0 heterocycles. The standard InChI is InChI=1S/C33H34N6O4/c34-31(40)29(21-12-22-36-33(35)37-39(42)43)38(23-27-19-10-11-20-28(27)24-13-4-1-5-14-24)32(41)30(25-15-6-2-7-16-25)26-17-8-3-9-18-26/h1-11,13-20,29-30H,12,21-23H2,(H2,34,40)(H3,35,36,37)/t29-/m0/s1. The first kappa shape index (κ1) is 30.4. The molecule has 0 spiro atoms. The number of nitrogens with two attached hydrogens (primary N) is 2. The van der Waals surface area contributed by atoms with Crippen LogP contribution >= 0.6 is 0 Å². The molecule has 0 aromatic heterocycles. The molecule has 43 heavy (non-hydrogen) atoms. The Balaban J connectivity index is 1.74. The molecule has 10 nitrogen and oxygen atoms in total. The van der Waals surface area contributed by atoms with Crippen LogP contribution in [0.3, 0.4) is 0 Å². The van der Waals surface area contributed by atoms with E-state index in [1.807, 2.05) is 115 Å². The van der Waals surface area contributed by atoms with Crippen LogP contribution in [0.4, 0.5) is 0 Å². The Morgan fingerprint density at radius 3 is 1.91 bits per heavy atom. The minimum atomic E-state index is -0.980. The summed E-state index contributed by atoms with van der Waals surface area (Å²) in [5, 5.41) is 9.83. The van der Waals surface area contributed by atoms with Crippen LogP contribution in [0, 0.1) is 10.1 Å². The summed E-state index contributed by atoms with van der Waals surface area (Å²) in [5.41, 5.74) is 17.6. The van der Waals surface area contributed by atoms with E-state index < -0.39 is 22.9 Å². The smallest absolute Gasteiger partial charge is 0.251 e. The summed E-state index contributed by atoms with van der Waals surface area (Å²) in [6.07, 6.45) is 0.485. The van der Waals surface area contributed by atoms with E-state index in [1.54, 1.807) is 10.3 Å². The highest BCUT2D eigenvalue weighted by Gasteiger charge is 2.34. The van der Waals surface area contributed by atoms with Crippen molar-refractivity contribution in [3.8, 4) is 11.1 Å². The van der Waals surface area contributed by atoms with Crippen LogP contribution in [0.1, 0.15) is 35.4 Å². The summed E-state index contributed by atoms with van der Waals surface area (Å²) in [6, 6.07) is 35.4. The third-order valence-electron chi connectivity index (χ3n) is 7.07. The van der Waals surface area contributed by atoms with Gasteiger partial charge in [0.25, 0.3) is 5.96 Å². The Bertz CT molecular complexity index is 1510. The number of hydrazine groups is 1. The van der Waals surface area contributed by atoms with Gasteiger partial charge < -0.3 is 16.4 Å². The molecule has 0 bridgehead atoms. The molecule has 0 aliphatic carbocycles. The first-order valence-corrected chi connectivity index (χ1v) is 13.9. The highest BCUT2D eigenvalue weighted by Crippen LogP contribution is 2.31. The van der Waals surface area contributed by atoms with Crippen molar-refractivity contribution < 1.29 is 14.6 Å². The van der Waals surface area contributed by atoms with Crippen molar-refractivity contribution in [1.29, 1.82) is 0 Å². The fourth-order valence-electron chi connectivity index (χ4n) is 5.08. The van der Waals surface area contributed by atoms with Gasteiger partial charge in [-0.05, 0) is 40.7 Å². The van der Waals surface area contributed by atoms with Crippen LogP contribution in [0.2, 0.25) is 0 Å². The lowest BCUT2D eigenvalue weighted by Gasteiger charge is -2.34. The Kier molecular flexibility index (Phi) is 10.6. The van der Waals surface area contributed by atoms with Crippen molar-refractivity contribution in [3.05, 3.63) is 142 Å². The van der Waals surface area contributed by atoms with Crippen molar-refractivity contribution in [1.82, 2.24) is 10.3 Å². The van der Waals surface area contributed by atoms with Gasteiger partial charge in [-0.25, -0.2) is 15.1 Å². The number of carbonyl (C=O) groups is 2. The number of amides is 2. The molecule has 0 saturated heterocycles. The number of primary amides is 1. The van der Waals surface area contributed by atoms with Gasteiger partial charge in [-0.15, -0.1) is 0 Å². The molecule has 1 atom stereocenters. The predicted octanol–water partition coefficient (Wildman–Crippen LogP) is 4.24. The number of rotatable bonds is 13. The third kappa shape index (κ3) is 8.26. The Morgan fingerprint density at radius 2 is 1.35 bits per heavy atom. The van der Waals surface area contributed by atoms with E-state index >= 15 is 0 Å². The highest BCUT2D eigenvalue weighted by atomic mass is 16.7. The van der Waals surface area contributed by atoms with Crippen LogP contribution in [-0.4, -0.2) is 40.3 Å². The first-order chi connectivity index (χ1) is 20.8. The molecule has 0 saturated carbocycles. The zero-order valence-electron chi connectivity index (χ0n) is 23.6.